The molecule has 0 fully saturated rings. The third-order valence-electron chi connectivity index (χ3n) is 2.20. The average Bonchev–Trinajstić information content (AvgIpc) is 2.31. The number of esters is 1. The highest BCUT2D eigenvalue weighted by atomic mass is 16.5. The lowest BCUT2D eigenvalue weighted by Gasteiger charge is -2.12. The number of hydrogen-bond acceptors (Lipinski definition) is 3. The lowest BCUT2D eigenvalue weighted by atomic mass is 10.1. The molecule has 0 aromatic carbocycles. The molecule has 0 saturated carbocycles. The van der Waals surface area contributed by atoms with Crippen LogP contribution in [-0.2, 0) is 14.3 Å². The Labute approximate surface area is 97.1 Å². The molecule has 0 amide bonds. The molecule has 0 spiro atoms. The van der Waals surface area contributed by atoms with Crippen LogP contribution in [0.2, 0.25) is 0 Å². The largest absolute Gasteiger partial charge is 0.466 e. The molecule has 1 atom stereocenters. The van der Waals surface area contributed by atoms with Crippen molar-refractivity contribution in [1.82, 2.24) is 0 Å². The standard InChI is InChI=1S/C13H18O3/c1-6-7-12(15-4)10(2)8-9-11(3)13(14)16-5/h1,8-9,12H,7H2,2-5H3/b10-8+,11-9+/t12-/m1/s1. The smallest absolute Gasteiger partial charge is 0.333 e. The number of rotatable bonds is 5. The van der Waals surface area contributed by atoms with Crippen molar-refractivity contribution in [3.05, 3.63) is 23.3 Å². The van der Waals surface area contributed by atoms with Gasteiger partial charge in [0.25, 0.3) is 0 Å². The molecule has 88 valence electrons. The molecule has 0 N–H and O–H groups in total. The van der Waals surface area contributed by atoms with Crippen LogP contribution in [-0.4, -0.2) is 26.3 Å². The SMILES string of the molecule is C#CC[C@@H](OC)/C(C)=C/C=C(\C)C(=O)OC. The summed E-state index contributed by atoms with van der Waals surface area (Å²) in [5.74, 6) is 2.21. The van der Waals surface area contributed by atoms with Crippen molar-refractivity contribution in [1.29, 1.82) is 0 Å². The molecular weight excluding hydrogens is 204 g/mol. The maximum atomic E-state index is 11.1. The number of terminal acetylenes is 1. The molecule has 16 heavy (non-hydrogen) atoms. The Kier molecular flexibility index (Phi) is 6.98. The second-order valence-corrected chi connectivity index (χ2v) is 3.38. The van der Waals surface area contributed by atoms with E-state index < -0.39 is 0 Å². The molecular formula is C13H18O3. The maximum Gasteiger partial charge on any atom is 0.333 e. The zero-order chi connectivity index (χ0) is 12.6. The van der Waals surface area contributed by atoms with E-state index in [9.17, 15) is 4.79 Å². The molecule has 0 aliphatic carbocycles. The molecule has 0 heterocycles. The van der Waals surface area contributed by atoms with Crippen LogP contribution in [0.5, 0.6) is 0 Å². The van der Waals surface area contributed by atoms with E-state index >= 15 is 0 Å². The van der Waals surface area contributed by atoms with Gasteiger partial charge in [-0.05, 0) is 19.4 Å². The fraction of sp³-hybridized carbons (Fsp3) is 0.462. The molecule has 0 aliphatic rings. The van der Waals surface area contributed by atoms with Crippen molar-refractivity contribution in [3.8, 4) is 12.3 Å². The van der Waals surface area contributed by atoms with Gasteiger partial charge in [-0.1, -0.05) is 12.2 Å². The van der Waals surface area contributed by atoms with Gasteiger partial charge in [-0.15, -0.1) is 12.3 Å². The van der Waals surface area contributed by atoms with Crippen molar-refractivity contribution < 1.29 is 14.3 Å². The molecule has 0 saturated heterocycles. The van der Waals surface area contributed by atoms with Crippen LogP contribution < -0.4 is 0 Å². The van der Waals surface area contributed by atoms with Gasteiger partial charge in [-0.2, -0.15) is 0 Å². The van der Waals surface area contributed by atoms with Gasteiger partial charge in [0.2, 0.25) is 0 Å². The average molecular weight is 222 g/mol. The van der Waals surface area contributed by atoms with Crippen molar-refractivity contribution in [3.63, 3.8) is 0 Å². The fourth-order valence-corrected chi connectivity index (χ4v) is 1.13. The van der Waals surface area contributed by atoms with Crippen LogP contribution in [0.1, 0.15) is 20.3 Å². The number of ether oxygens (including phenoxy) is 2. The third kappa shape index (κ3) is 4.81. The quantitative estimate of drug-likeness (QED) is 0.309. The molecule has 0 bridgehead atoms. The van der Waals surface area contributed by atoms with E-state index in [-0.39, 0.29) is 12.1 Å². The zero-order valence-corrected chi connectivity index (χ0v) is 10.2. The van der Waals surface area contributed by atoms with E-state index in [1.165, 1.54) is 7.11 Å². The second-order valence-electron chi connectivity index (χ2n) is 3.38. The molecule has 3 heteroatoms. The minimum atomic E-state index is -0.338. The van der Waals surface area contributed by atoms with E-state index in [0.29, 0.717) is 12.0 Å². The van der Waals surface area contributed by atoms with Gasteiger partial charge < -0.3 is 9.47 Å². The topological polar surface area (TPSA) is 35.5 Å². The molecule has 3 nitrogen and oxygen atoms in total. The monoisotopic (exact) mass is 222 g/mol. The first-order valence-electron chi connectivity index (χ1n) is 4.96. The number of hydrogen-bond donors (Lipinski definition) is 0. The Morgan fingerprint density at radius 1 is 1.38 bits per heavy atom. The Bertz CT molecular complexity index is 332. The molecule has 0 rings (SSSR count). The van der Waals surface area contributed by atoms with Crippen LogP contribution in [0, 0.1) is 12.3 Å². The highest BCUT2D eigenvalue weighted by Crippen LogP contribution is 2.10. The van der Waals surface area contributed by atoms with Crippen molar-refractivity contribution >= 4 is 5.97 Å². The molecule has 0 aromatic heterocycles. The van der Waals surface area contributed by atoms with Crippen LogP contribution in [0.15, 0.2) is 23.3 Å². The van der Waals surface area contributed by atoms with Gasteiger partial charge in [-0.25, -0.2) is 4.79 Å². The van der Waals surface area contributed by atoms with E-state index in [2.05, 4.69) is 10.7 Å². The summed E-state index contributed by atoms with van der Waals surface area (Å²) in [5, 5.41) is 0. The fourth-order valence-electron chi connectivity index (χ4n) is 1.13. The Morgan fingerprint density at radius 2 is 2.00 bits per heavy atom. The second kappa shape index (κ2) is 7.72. The summed E-state index contributed by atoms with van der Waals surface area (Å²) in [6, 6.07) is 0. The highest BCUT2D eigenvalue weighted by molar-refractivity contribution is 5.87. The summed E-state index contributed by atoms with van der Waals surface area (Å²) < 4.78 is 9.79. The van der Waals surface area contributed by atoms with Gasteiger partial charge in [0.15, 0.2) is 0 Å². The number of allylic oxidation sites excluding steroid dienone is 2. The molecule has 0 aromatic rings. The van der Waals surface area contributed by atoms with Crippen LogP contribution in [0.3, 0.4) is 0 Å². The van der Waals surface area contributed by atoms with Gasteiger partial charge in [0.1, 0.15) is 0 Å². The molecule has 0 unspecified atom stereocenters. The first-order chi connectivity index (χ1) is 7.56. The highest BCUT2D eigenvalue weighted by Gasteiger charge is 2.07. The van der Waals surface area contributed by atoms with Gasteiger partial charge in [0.05, 0.1) is 13.2 Å². The van der Waals surface area contributed by atoms with Gasteiger partial charge in [-0.3, -0.25) is 0 Å². The summed E-state index contributed by atoms with van der Waals surface area (Å²) >= 11 is 0. The summed E-state index contributed by atoms with van der Waals surface area (Å²) in [7, 11) is 2.96. The van der Waals surface area contributed by atoms with Crippen LogP contribution in [0.4, 0.5) is 0 Å². The minimum absolute atomic E-state index is 0.105. The van der Waals surface area contributed by atoms with Crippen molar-refractivity contribution in [2.45, 2.75) is 26.4 Å². The third-order valence-corrected chi connectivity index (χ3v) is 2.20. The van der Waals surface area contributed by atoms with Gasteiger partial charge in [0, 0.05) is 19.1 Å². The number of carbonyl (C=O) groups excluding carboxylic acids is 1. The predicted molar refractivity (Wildman–Crippen MR) is 63.8 cm³/mol. The maximum absolute atomic E-state index is 11.1. The van der Waals surface area contributed by atoms with Crippen molar-refractivity contribution in [2.75, 3.05) is 14.2 Å². The van der Waals surface area contributed by atoms with Crippen LogP contribution in [0.25, 0.3) is 0 Å². The Morgan fingerprint density at radius 3 is 2.44 bits per heavy atom. The summed E-state index contributed by atoms with van der Waals surface area (Å²) in [6.45, 7) is 3.60. The van der Waals surface area contributed by atoms with Crippen LogP contribution >= 0.6 is 0 Å². The van der Waals surface area contributed by atoms with E-state index in [0.717, 1.165) is 5.57 Å². The van der Waals surface area contributed by atoms with E-state index in [1.54, 1.807) is 20.1 Å². The van der Waals surface area contributed by atoms with E-state index in [1.807, 2.05) is 13.0 Å². The Balaban J connectivity index is 4.65. The lowest BCUT2D eigenvalue weighted by Crippen LogP contribution is -2.10. The van der Waals surface area contributed by atoms with E-state index in [4.69, 9.17) is 11.2 Å². The first-order valence-corrected chi connectivity index (χ1v) is 4.96. The number of methoxy groups -OCH3 is 2. The summed E-state index contributed by atoms with van der Waals surface area (Å²) in [6.07, 6.45) is 9.15. The number of carbonyl (C=O) groups is 1. The minimum Gasteiger partial charge on any atom is -0.466 e. The molecule has 0 aliphatic heterocycles. The lowest BCUT2D eigenvalue weighted by molar-refractivity contribution is -0.136. The van der Waals surface area contributed by atoms with Crippen molar-refractivity contribution in [2.24, 2.45) is 0 Å². The predicted octanol–water partition coefficient (Wildman–Crippen LogP) is 2.09. The van der Waals surface area contributed by atoms with Gasteiger partial charge >= 0.3 is 5.97 Å². The zero-order valence-electron chi connectivity index (χ0n) is 10.2. The normalized spacial score (nSPS) is 14.2. The summed E-state index contributed by atoms with van der Waals surface area (Å²) in [5.41, 5.74) is 1.51. The molecule has 0 radical (unpaired) electrons. The first kappa shape index (κ1) is 14.5. The Hall–Kier alpha value is -1.53. The summed E-state index contributed by atoms with van der Waals surface area (Å²) in [4.78, 5) is 11.1.